The van der Waals surface area contributed by atoms with E-state index < -0.39 is 0 Å². The van der Waals surface area contributed by atoms with Crippen molar-refractivity contribution in [2.24, 2.45) is 0 Å². The molecule has 0 aliphatic rings. The van der Waals surface area contributed by atoms with E-state index in [1.54, 1.807) is 4.57 Å². The van der Waals surface area contributed by atoms with Gasteiger partial charge in [-0.15, -0.1) is 0 Å². The summed E-state index contributed by atoms with van der Waals surface area (Å²) in [5.41, 5.74) is 1.15. The summed E-state index contributed by atoms with van der Waals surface area (Å²) in [6.45, 7) is 0. The summed E-state index contributed by atoms with van der Waals surface area (Å²) in [5.74, 6) is 0. The van der Waals surface area contributed by atoms with Gasteiger partial charge in [-0.1, -0.05) is 18.2 Å². The lowest BCUT2D eigenvalue weighted by Gasteiger charge is -2.04. The first-order valence-corrected chi connectivity index (χ1v) is 5.21. The minimum Gasteiger partial charge on any atom is -0.277 e. The van der Waals surface area contributed by atoms with E-state index in [4.69, 9.17) is 10.5 Å². The molecule has 16 heavy (non-hydrogen) atoms. The molecule has 0 aliphatic heterocycles. The predicted molar refractivity (Wildman–Crippen MR) is 60.7 cm³/mol. The molecule has 0 fully saturated rings. The fourth-order valence-corrected chi connectivity index (χ4v) is 1.95. The van der Waals surface area contributed by atoms with Crippen LogP contribution < -0.4 is 0 Å². The van der Waals surface area contributed by atoms with Crippen LogP contribution in [0.1, 0.15) is 11.4 Å². The van der Waals surface area contributed by atoms with Gasteiger partial charge < -0.3 is 0 Å². The number of hydrogen-bond donors (Lipinski definition) is 0. The quantitative estimate of drug-likeness (QED) is 0.801. The van der Waals surface area contributed by atoms with Crippen molar-refractivity contribution in [1.29, 1.82) is 10.5 Å². The Morgan fingerprint density at radius 1 is 1.12 bits per heavy atom. The lowest BCUT2D eigenvalue weighted by Crippen LogP contribution is -1.97. The van der Waals surface area contributed by atoms with Gasteiger partial charge in [-0.05, 0) is 28.1 Å². The Morgan fingerprint density at radius 3 is 2.38 bits per heavy atom. The Balaban J connectivity index is 2.72. The Morgan fingerprint density at radius 2 is 1.81 bits per heavy atom. The average Bonchev–Trinajstić information content (AvgIpc) is 2.66. The summed E-state index contributed by atoms with van der Waals surface area (Å²) in [7, 11) is 0. The maximum absolute atomic E-state index is 9.02. The first-order chi connectivity index (χ1) is 7.77. The number of aromatic nitrogens is 2. The topological polar surface area (TPSA) is 65.4 Å². The Hall–Kier alpha value is -2.11. The van der Waals surface area contributed by atoms with Crippen LogP contribution in [-0.2, 0) is 0 Å². The van der Waals surface area contributed by atoms with Crippen molar-refractivity contribution < 1.29 is 0 Å². The summed E-state index contributed by atoms with van der Waals surface area (Å²) in [6, 6.07) is 13.2. The van der Waals surface area contributed by atoms with Crippen molar-refractivity contribution in [3.8, 4) is 17.8 Å². The zero-order valence-electron chi connectivity index (χ0n) is 8.05. The van der Waals surface area contributed by atoms with Crippen molar-refractivity contribution in [3.63, 3.8) is 0 Å². The van der Waals surface area contributed by atoms with Crippen molar-refractivity contribution in [2.45, 2.75) is 0 Å². The van der Waals surface area contributed by atoms with Gasteiger partial charge in [0, 0.05) is 5.69 Å². The summed E-state index contributed by atoms with van der Waals surface area (Å²) in [5, 5.41) is 17.9. The largest absolute Gasteiger partial charge is 0.277 e. The third-order valence-corrected chi connectivity index (χ3v) is 2.59. The lowest BCUT2D eigenvalue weighted by molar-refractivity contribution is 0.996. The molecule has 0 amide bonds. The number of hydrogen-bond acceptors (Lipinski definition) is 3. The minimum absolute atomic E-state index is 0.123. The predicted octanol–water partition coefficient (Wildman–Crippen LogP) is 2.38. The van der Waals surface area contributed by atoms with Gasteiger partial charge in [0.25, 0.3) is 0 Å². The Kier molecular flexibility index (Phi) is 2.72. The molecule has 0 saturated carbocycles. The van der Waals surface area contributed by atoms with Crippen LogP contribution in [0, 0.1) is 22.7 Å². The smallest absolute Gasteiger partial charge is 0.184 e. The zero-order chi connectivity index (χ0) is 11.5. The fourth-order valence-electron chi connectivity index (χ4n) is 1.39. The molecule has 0 bridgehead atoms. The van der Waals surface area contributed by atoms with E-state index in [-0.39, 0.29) is 11.4 Å². The maximum Gasteiger partial charge on any atom is 0.184 e. The highest BCUT2D eigenvalue weighted by Gasteiger charge is 2.15. The Labute approximate surface area is 101 Å². The van der Waals surface area contributed by atoms with E-state index in [0.29, 0.717) is 4.73 Å². The van der Waals surface area contributed by atoms with Crippen molar-refractivity contribution >= 4 is 15.9 Å². The van der Waals surface area contributed by atoms with Crippen LogP contribution in [0.25, 0.3) is 5.69 Å². The van der Waals surface area contributed by atoms with Crippen LogP contribution in [0.3, 0.4) is 0 Å². The molecule has 0 spiro atoms. The molecule has 1 aromatic heterocycles. The van der Waals surface area contributed by atoms with Crippen LogP contribution in [0.15, 0.2) is 35.1 Å². The van der Waals surface area contributed by atoms with Crippen molar-refractivity contribution in [3.05, 3.63) is 46.5 Å². The van der Waals surface area contributed by atoms with E-state index in [1.165, 1.54) is 0 Å². The molecule has 0 radical (unpaired) electrons. The van der Waals surface area contributed by atoms with Gasteiger partial charge >= 0.3 is 0 Å². The average molecular weight is 273 g/mol. The minimum atomic E-state index is 0.123. The molecule has 1 heterocycles. The molecule has 0 unspecified atom stereocenters. The molecule has 5 heteroatoms. The second-order valence-electron chi connectivity index (χ2n) is 2.97. The van der Waals surface area contributed by atoms with Crippen LogP contribution >= 0.6 is 15.9 Å². The van der Waals surface area contributed by atoms with Gasteiger partial charge in [0.05, 0.1) is 0 Å². The third kappa shape index (κ3) is 1.58. The highest BCUT2D eigenvalue weighted by atomic mass is 79.9. The van der Waals surface area contributed by atoms with E-state index >= 15 is 0 Å². The van der Waals surface area contributed by atoms with Gasteiger partial charge in [0.2, 0.25) is 0 Å². The third-order valence-electron chi connectivity index (χ3n) is 2.06. The molecule has 0 saturated heterocycles. The molecule has 4 nitrogen and oxygen atoms in total. The van der Waals surface area contributed by atoms with Gasteiger partial charge in [0.15, 0.2) is 16.1 Å². The number of imidazole rings is 1. The highest BCUT2D eigenvalue weighted by Crippen LogP contribution is 2.21. The second kappa shape index (κ2) is 4.18. The maximum atomic E-state index is 9.02. The molecule has 0 aliphatic carbocycles. The molecule has 0 N–H and O–H groups in total. The van der Waals surface area contributed by atoms with Crippen LogP contribution in [0.2, 0.25) is 0 Å². The van der Waals surface area contributed by atoms with Gasteiger partial charge in [-0.2, -0.15) is 10.5 Å². The summed E-state index contributed by atoms with van der Waals surface area (Å²) >= 11 is 3.24. The highest BCUT2D eigenvalue weighted by molar-refractivity contribution is 9.10. The van der Waals surface area contributed by atoms with Gasteiger partial charge in [-0.25, -0.2) is 4.98 Å². The van der Waals surface area contributed by atoms with Crippen molar-refractivity contribution in [1.82, 2.24) is 9.55 Å². The van der Waals surface area contributed by atoms with E-state index in [0.717, 1.165) is 5.69 Å². The SMILES string of the molecule is N#Cc1nc(Br)n(-c2ccccc2)c1C#N. The molecular formula is C11H5BrN4. The molecule has 2 aromatic rings. The summed E-state index contributed by atoms with van der Waals surface area (Å²) in [6.07, 6.45) is 0. The van der Waals surface area contributed by atoms with E-state index in [1.807, 2.05) is 42.5 Å². The van der Waals surface area contributed by atoms with Crippen LogP contribution in [0.5, 0.6) is 0 Å². The zero-order valence-corrected chi connectivity index (χ0v) is 9.64. The monoisotopic (exact) mass is 272 g/mol. The second-order valence-corrected chi connectivity index (χ2v) is 3.68. The standard InChI is InChI=1S/C11H5BrN4/c12-11-15-9(6-13)10(7-14)16(11)8-4-2-1-3-5-8/h1-5H. The molecular weight excluding hydrogens is 268 g/mol. The fraction of sp³-hybridized carbons (Fsp3) is 0. The molecule has 2 rings (SSSR count). The van der Waals surface area contributed by atoms with E-state index in [9.17, 15) is 0 Å². The van der Waals surface area contributed by atoms with E-state index in [2.05, 4.69) is 20.9 Å². The van der Waals surface area contributed by atoms with Crippen molar-refractivity contribution in [2.75, 3.05) is 0 Å². The van der Waals surface area contributed by atoms with Crippen LogP contribution in [0.4, 0.5) is 0 Å². The molecule has 0 atom stereocenters. The summed E-state index contributed by atoms with van der Waals surface area (Å²) in [4.78, 5) is 3.97. The first-order valence-electron chi connectivity index (χ1n) is 4.41. The number of benzene rings is 1. The van der Waals surface area contributed by atoms with Crippen LogP contribution in [-0.4, -0.2) is 9.55 Å². The number of nitriles is 2. The summed E-state index contributed by atoms with van der Waals surface area (Å²) < 4.78 is 2.05. The number of nitrogens with zero attached hydrogens (tertiary/aromatic N) is 4. The van der Waals surface area contributed by atoms with Gasteiger partial charge in [-0.3, -0.25) is 4.57 Å². The molecule has 1 aromatic carbocycles. The van der Waals surface area contributed by atoms with Gasteiger partial charge in [0.1, 0.15) is 12.1 Å². The number of rotatable bonds is 1. The lowest BCUT2D eigenvalue weighted by atomic mass is 10.3. The number of halogens is 1. The first kappa shape index (κ1) is 10.4. The molecule has 76 valence electrons. The Bertz CT molecular complexity index is 601. The number of para-hydroxylation sites is 1. The normalized spacial score (nSPS) is 9.44.